The Kier molecular flexibility index (Phi) is 5.38. The maximum Gasteiger partial charge on any atom is 0.410 e. The highest BCUT2D eigenvalue weighted by molar-refractivity contribution is 5.68. The monoisotopic (exact) mass is 279 g/mol. The summed E-state index contributed by atoms with van der Waals surface area (Å²) in [5.74, 6) is -0.0713. The van der Waals surface area contributed by atoms with E-state index in [9.17, 15) is 15.0 Å². The normalized spacial score (nSPS) is 22.6. The van der Waals surface area contributed by atoms with Gasteiger partial charge in [0.2, 0.25) is 0 Å². The third-order valence-corrected chi connectivity index (χ3v) is 3.78. The maximum atomic E-state index is 12.1. The molecule has 1 aliphatic heterocycles. The first-order valence-corrected chi connectivity index (χ1v) is 6.95. The lowest BCUT2D eigenvalue weighted by atomic mass is 9.90. The van der Waals surface area contributed by atoms with Crippen molar-refractivity contribution in [2.75, 3.05) is 19.8 Å². The Balaban J connectivity index is 1.93. The summed E-state index contributed by atoms with van der Waals surface area (Å²) in [6, 6.07) is 9.12. The number of piperidine rings is 1. The van der Waals surface area contributed by atoms with Crippen LogP contribution in [0.15, 0.2) is 30.3 Å². The molecule has 0 spiro atoms. The van der Waals surface area contributed by atoms with Crippen LogP contribution < -0.4 is 0 Å². The van der Waals surface area contributed by atoms with Crippen LogP contribution >= 0.6 is 0 Å². The fourth-order valence-electron chi connectivity index (χ4n) is 2.63. The van der Waals surface area contributed by atoms with Crippen molar-refractivity contribution in [3.05, 3.63) is 35.9 Å². The highest BCUT2D eigenvalue weighted by atomic mass is 16.6. The van der Waals surface area contributed by atoms with Crippen molar-refractivity contribution in [2.24, 2.45) is 5.92 Å². The molecule has 1 aromatic carbocycles. The van der Waals surface area contributed by atoms with E-state index >= 15 is 0 Å². The van der Waals surface area contributed by atoms with Gasteiger partial charge < -0.3 is 19.8 Å². The van der Waals surface area contributed by atoms with Crippen molar-refractivity contribution < 1.29 is 19.7 Å². The molecule has 2 N–H and O–H groups in total. The molecular formula is C15H21NO4. The number of carbonyl (C=O) groups is 1. The number of rotatable bonds is 4. The number of likely N-dealkylation sites (tertiary alicyclic amines) is 1. The van der Waals surface area contributed by atoms with Gasteiger partial charge in [0.05, 0.1) is 12.6 Å². The van der Waals surface area contributed by atoms with E-state index < -0.39 is 6.09 Å². The first-order chi connectivity index (χ1) is 9.76. The summed E-state index contributed by atoms with van der Waals surface area (Å²) in [7, 11) is 0. The fourth-order valence-corrected chi connectivity index (χ4v) is 2.63. The molecular weight excluding hydrogens is 258 g/mol. The summed E-state index contributed by atoms with van der Waals surface area (Å²) in [5, 5.41) is 18.7. The van der Waals surface area contributed by atoms with Gasteiger partial charge in [0.1, 0.15) is 6.61 Å². The second-order valence-corrected chi connectivity index (χ2v) is 5.07. The number of aliphatic hydroxyl groups is 2. The zero-order chi connectivity index (χ0) is 14.4. The molecule has 0 radical (unpaired) electrons. The van der Waals surface area contributed by atoms with Crippen LogP contribution in [0, 0.1) is 5.92 Å². The molecule has 2 rings (SSSR count). The number of nitrogens with zero attached hydrogens (tertiary/aromatic N) is 1. The van der Waals surface area contributed by atoms with Crippen molar-refractivity contribution in [1.82, 2.24) is 4.90 Å². The molecule has 0 unspecified atom stereocenters. The number of benzene rings is 1. The number of aliphatic hydroxyl groups excluding tert-OH is 2. The Morgan fingerprint density at radius 1 is 1.25 bits per heavy atom. The van der Waals surface area contributed by atoms with Crippen LogP contribution in [0.2, 0.25) is 0 Å². The molecule has 1 heterocycles. The highest BCUT2D eigenvalue weighted by Gasteiger charge is 2.34. The van der Waals surface area contributed by atoms with Gasteiger partial charge in [0.25, 0.3) is 0 Å². The molecule has 1 amide bonds. The summed E-state index contributed by atoms with van der Waals surface area (Å²) >= 11 is 0. The molecule has 20 heavy (non-hydrogen) atoms. The summed E-state index contributed by atoms with van der Waals surface area (Å²) in [6.45, 7) is 0.618. The van der Waals surface area contributed by atoms with Gasteiger partial charge in [-0.3, -0.25) is 0 Å². The molecule has 0 aliphatic carbocycles. The third kappa shape index (κ3) is 3.49. The van der Waals surface area contributed by atoms with Gasteiger partial charge in [-0.1, -0.05) is 30.3 Å². The van der Waals surface area contributed by atoms with Crippen molar-refractivity contribution >= 4 is 6.09 Å². The van der Waals surface area contributed by atoms with E-state index in [1.165, 1.54) is 4.90 Å². The van der Waals surface area contributed by atoms with E-state index in [1.807, 2.05) is 30.3 Å². The van der Waals surface area contributed by atoms with Crippen LogP contribution in [0.5, 0.6) is 0 Å². The molecule has 1 saturated heterocycles. The SMILES string of the molecule is O=C(OCc1ccccc1)N1CCC[C@@H](CO)[C@H]1CO. The van der Waals surface area contributed by atoms with Crippen molar-refractivity contribution in [2.45, 2.75) is 25.5 Å². The smallest absolute Gasteiger partial charge is 0.410 e. The molecule has 110 valence electrons. The standard InChI is InChI=1S/C15H21NO4/c17-9-13-7-4-8-16(14(13)10-18)15(19)20-11-12-5-2-1-3-6-12/h1-3,5-6,13-14,17-18H,4,7-11H2/t13-,14+/m0/s1. The lowest BCUT2D eigenvalue weighted by Crippen LogP contribution is -2.51. The van der Waals surface area contributed by atoms with Gasteiger partial charge in [0, 0.05) is 19.1 Å². The summed E-state index contributed by atoms with van der Waals surface area (Å²) in [6.07, 6.45) is 1.22. The summed E-state index contributed by atoms with van der Waals surface area (Å²) < 4.78 is 5.29. The van der Waals surface area contributed by atoms with E-state index in [2.05, 4.69) is 0 Å². The van der Waals surface area contributed by atoms with E-state index in [-0.39, 0.29) is 31.8 Å². The molecule has 0 bridgehead atoms. The number of carbonyl (C=O) groups excluding carboxylic acids is 1. The molecule has 5 nitrogen and oxygen atoms in total. The zero-order valence-corrected chi connectivity index (χ0v) is 11.4. The molecule has 1 aromatic rings. The second-order valence-electron chi connectivity index (χ2n) is 5.07. The van der Waals surface area contributed by atoms with Crippen LogP contribution in [-0.4, -0.2) is 47.0 Å². The maximum absolute atomic E-state index is 12.1. The predicted octanol–water partition coefficient (Wildman–Crippen LogP) is 1.39. The van der Waals surface area contributed by atoms with Crippen LogP contribution in [-0.2, 0) is 11.3 Å². The molecule has 5 heteroatoms. The number of ether oxygens (including phenoxy) is 1. The summed E-state index contributed by atoms with van der Waals surface area (Å²) in [5.41, 5.74) is 0.928. The molecule has 0 aromatic heterocycles. The van der Waals surface area contributed by atoms with Gasteiger partial charge in [-0.2, -0.15) is 0 Å². The van der Waals surface area contributed by atoms with E-state index in [4.69, 9.17) is 4.74 Å². The number of amides is 1. The van der Waals surface area contributed by atoms with Gasteiger partial charge in [-0.15, -0.1) is 0 Å². The Morgan fingerprint density at radius 3 is 2.65 bits per heavy atom. The zero-order valence-electron chi connectivity index (χ0n) is 11.4. The lowest BCUT2D eigenvalue weighted by Gasteiger charge is -2.38. The van der Waals surface area contributed by atoms with Gasteiger partial charge in [-0.05, 0) is 18.4 Å². The van der Waals surface area contributed by atoms with Crippen molar-refractivity contribution in [3.8, 4) is 0 Å². The van der Waals surface area contributed by atoms with Crippen molar-refractivity contribution in [1.29, 1.82) is 0 Å². The van der Waals surface area contributed by atoms with Crippen LogP contribution in [0.4, 0.5) is 4.79 Å². The van der Waals surface area contributed by atoms with E-state index in [1.54, 1.807) is 0 Å². The van der Waals surface area contributed by atoms with Gasteiger partial charge >= 0.3 is 6.09 Å². The first-order valence-electron chi connectivity index (χ1n) is 6.95. The Bertz CT molecular complexity index is 423. The quantitative estimate of drug-likeness (QED) is 0.874. The van der Waals surface area contributed by atoms with Crippen LogP contribution in [0.3, 0.4) is 0 Å². The Hall–Kier alpha value is -1.59. The Labute approximate surface area is 118 Å². The molecule has 1 fully saturated rings. The molecule has 2 atom stereocenters. The van der Waals surface area contributed by atoms with E-state index in [0.29, 0.717) is 6.54 Å². The topological polar surface area (TPSA) is 70.0 Å². The van der Waals surface area contributed by atoms with E-state index in [0.717, 1.165) is 18.4 Å². The van der Waals surface area contributed by atoms with Crippen LogP contribution in [0.25, 0.3) is 0 Å². The van der Waals surface area contributed by atoms with Crippen molar-refractivity contribution in [3.63, 3.8) is 0 Å². The number of hydrogen-bond acceptors (Lipinski definition) is 4. The Morgan fingerprint density at radius 2 is 2.00 bits per heavy atom. The second kappa shape index (κ2) is 7.26. The number of hydrogen-bond donors (Lipinski definition) is 2. The minimum absolute atomic E-state index is 0.0201. The first kappa shape index (κ1) is 14.8. The average Bonchev–Trinajstić information content (AvgIpc) is 2.52. The molecule has 0 saturated carbocycles. The van der Waals surface area contributed by atoms with Gasteiger partial charge in [0.15, 0.2) is 0 Å². The minimum atomic E-state index is -0.425. The minimum Gasteiger partial charge on any atom is -0.445 e. The summed E-state index contributed by atoms with van der Waals surface area (Å²) in [4.78, 5) is 13.6. The largest absolute Gasteiger partial charge is 0.445 e. The van der Waals surface area contributed by atoms with Crippen LogP contribution in [0.1, 0.15) is 18.4 Å². The van der Waals surface area contributed by atoms with Gasteiger partial charge in [-0.25, -0.2) is 4.79 Å². The average molecular weight is 279 g/mol. The lowest BCUT2D eigenvalue weighted by molar-refractivity contribution is 0.0107. The highest BCUT2D eigenvalue weighted by Crippen LogP contribution is 2.24. The molecule has 1 aliphatic rings. The predicted molar refractivity (Wildman–Crippen MR) is 74.0 cm³/mol. The third-order valence-electron chi connectivity index (χ3n) is 3.78. The fraction of sp³-hybridized carbons (Fsp3) is 0.533.